The number of hydrogen-bond acceptors (Lipinski definition) is 6. The Morgan fingerprint density at radius 2 is 2.30 bits per heavy atom. The van der Waals surface area contributed by atoms with E-state index >= 15 is 0 Å². The number of carbonyl (C=O) groups excluding carboxylic acids is 2. The molecule has 0 bridgehead atoms. The molecule has 2 aromatic heterocycles. The van der Waals surface area contributed by atoms with E-state index in [2.05, 4.69) is 15.6 Å². The fourth-order valence-corrected chi connectivity index (χ4v) is 4.99. The molecule has 1 N–H and O–H groups in total. The predicted octanol–water partition coefficient (Wildman–Crippen LogP) is 1.77. The van der Waals surface area contributed by atoms with Gasteiger partial charge < -0.3 is 19.5 Å². The van der Waals surface area contributed by atoms with Crippen LogP contribution in [0.25, 0.3) is 0 Å². The van der Waals surface area contributed by atoms with Crippen LogP contribution in [0.3, 0.4) is 0 Å². The van der Waals surface area contributed by atoms with E-state index in [1.807, 2.05) is 17.2 Å². The zero-order chi connectivity index (χ0) is 21.1. The predicted molar refractivity (Wildman–Crippen MR) is 108 cm³/mol. The van der Waals surface area contributed by atoms with Crippen LogP contribution in [-0.4, -0.2) is 64.5 Å². The number of carbonyl (C=O) groups is 2. The molecule has 3 heterocycles. The van der Waals surface area contributed by atoms with Crippen molar-refractivity contribution in [3.05, 3.63) is 35.5 Å². The van der Waals surface area contributed by atoms with Crippen LogP contribution >= 0.6 is 0 Å². The molecule has 0 aromatic carbocycles. The quantitative estimate of drug-likeness (QED) is 0.705. The summed E-state index contributed by atoms with van der Waals surface area (Å²) in [5, 5.41) is 11.3. The van der Waals surface area contributed by atoms with Crippen LogP contribution in [0.2, 0.25) is 0 Å². The summed E-state index contributed by atoms with van der Waals surface area (Å²) in [5.41, 5.74) is 0.951. The lowest BCUT2D eigenvalue weighted by molar-refractivity contribution is -0.142. The van der Waals surface area contributed by atoms with Gasteiger partial charge in [0.25, 0.3) is 5.91 Å². The van der Waals surface area contributed by atoms with Crippen LogP contribution in [0.5, 0.6) is 0 Å². The van der Waals surface area contributed by atoms with E-state index in [-0.39, 0.29) is 23.3 Å². The Morgan fingerprint density at radius 1 is 1.43 bits per heavy atom. The SMILES string of the molecule is COCCN1C(=O)CC[C@]2(CNC(=O)c3noc(C)c3Cn3cccn3)CCC[C@@H]12. The number of aromatic nitrogens is 3. The number of likely N-dealkylation sites (tertiary alicyclic amines) is 1. The molecule has 2 fully saturated rings. The van der Waals surface area contributed by atoms with E-state index in [0.717, 1.165) is 31.2 Å². The lowest BCUT2D eigenvalue weighted by Crippen LogP contribution is -2.56. The zero-order valence-electron chi connectivity index (χ0n) is 17.6. The Kier molecular flexibility index (Phi) is 5.90. The number of nitrogens with one attached hydrogen (secondary N) is 1. The number of hydrogen-bond donors (Lipinski definition) is 1. The van der Waals surface area contributed by atoms with Crippen molar-refractivity contribution in [3.63, 3.8) is 0 Å². The molecule has 162 valence electrons. The van der Waals surface area contributed by atoms with E-state index in [1.54, 1.807) is 24.9 Å². The van der Waals surface area contributed by atoms with Crippen LogP contribution in [0.1, 0.15) is 53.9 Å². The van der Waals surface area contributed by atoms with Gasteiger partial charge in [0.05, 0.1) is 13.2 Å². The van der Waals surface area contributed by atoms with Gasteiger partial charge >= 0.3 is 0 Å². The van der Waals surface area contributed by atoms with E-state index < -0.39 is 0 Å². The Hall–Kier alpha value is -2.68. The lowest BCUT2D eigenvalue weighted by atomic mass is 9.74. The summed E-state index contributed by atoms with van der Waals surface area (Å²) in [7, 11) is 1.65. The summed E-state index contributed by atoms with van der Waals surface area (Å²) in [6, 6.07) is 1.98. The molecule has 9 heteroatoms. The number of aryl methyl sites for hydroxylation is 1. The van der Waals surface area contributed by atoms with Crippen molar-refractivity contribution < 1.29 is 18.8 Å². The largest absolute Gasteiger partial charge is 0.383 e. The van der Waals surface area contributed by atoms with Crippen LogP contribution in [-0.2, 0) is 16.1 Å². The summed E-state index contributed by atoms with van der Waals surface area (Å²) in [4.78, 5) is 27.5. The fraction of sp³-hybridized carbons (Fsp3) is 0.619. The second-order valence-corrected chi connectivity index (χ2v) is 8.30. The molecule has 2 amide bonds. The third-order valence-electron chi connectivity index (χ3n) is 6.61. The van der Waals surface area contributed by atoms with Crippen LogP contribution in [0.15, 0.2) is 23.0 Å². The maximum absolute atomic E-state index is 13.0. The molecule has 4 rings (SSSR count). The number of ether oxygens (including phenoxy) is 1. The van der Waals surface area contributed by atoms with Crippen LogP contribution in [0, 0.1) is 12.3 Å². The third-order valence-corrected chi connectivity index (χ3v) is 6.61. The summed E-state index contributed by atoms with van der Waals surface area (Å²) in [5.74, 6) is 0.561. The van der Waals surface area contributed by atoms with Gasteiger partial charge in [-0.2, -0.15) is 5.10 Å². The summed E-state index contributed by atoms with van der Waals surface area (Å²) < 4.78 is 12.2. The smallest absolute Gasteiger partial charge is 0.273 e. The first kappa shape index (κ1) is 20.6. The van der Waals surface area contributed by atoms with Gasteiger partial charge in [-0.15, -0.1) is 0 Å². The lowest BCUT2D eigenvalue weighted by Gasteiger charge is -2.46. The van der Waals surface area contributed by atoms with Crippen molar-refractivity contribution in [2.75, 3.05) is 26.8 Å². The van der Waals surface area contributed by atoms with E-state index in [0.29, 0.717) is 44.1 Å². The van der Waals surface area contributed by atoms with Gasteiger partial charge in [0.15, 0.2) is 5.69 Å². The van der Waals surface area contributed by atoms with Gasteiger partial charge in [-0.3, -0.25) is 14.3 Å². The molecule has 1 saturated carbocycles. The van der Waals surface area contributed by atoms with Crippen LogP contribution in [0.4, 0.5) is 0 Å². The highest BCUT2D eigenvalue weighted by molar-refractivity contribution is 5.93. The average Bonchev–Trinajstić information content (AvgIpc) is 3.48. The van der Waals surface area contributed by atoms with Gasteiger partial charge in [0, 0.05) is 56.0 Å². The first-order valence-corrected chi connectivity index (χ1v) is 10.5. The fourth-order valence-electron chi connectivity index (χ4n) is 4.99. The van der Waals surface area contributed by atoms with Gasteiger partial charge in [-0.1, -0.05) is 11.6 Å². The third kappa shape index (κ3) is 3.86. The molecule has 1 aliphatic heterocycles. The maximum Gasteiger partial charge on any atom is 0.273 e. The molecular formula is C21H29N5O4. The van der Waals surface area contributed by atoms with Crippen molar-refractivity contribution in [1.82, 2.24) is 25.2 Å². The Labute approximate surface area is 175 Å². The Balaban J connectivity index is 1.46. The van der Waals surface area contributed by atoms with E-state index in [1.165, 1.54) is 0 Å². The second kappa shape index (κ2) is 8.59. The molecular weight excluding hydrogens is 386 g/mol. The number of nitrogens with zero attached hydrogens (tertiary/aromatic N) is 4. The number of rotatable bonds is 8. The van der Waals surface area contributed by atoms with Gasteiger partial charge in [0.1, 0.15) is 5.76 Å². The molecule has 1 aliphatic carbocycles. The minimum absolute atomic E-state index is 0.0851. The van der Waals surface area contributed by atoms with Gasteiger partial charge in [-0.05, 0) is 32.3 Å². The number of methoxy groups -OCH3 is 1. The molecule has 2 aliphatic rings. The maximum atomic E-state index is 13.0. The Morgan fingerprint density at radius 3 is 3.07 bits per heavy atom. The number of fused-ring (bicyclic) bond motifs is 1. The summed E-state index contributed by atoms with van der Waals surface area (Å²) in [6.45, 7) is 3.89. The monoisotopic (exact) mass is 415 g/mol. The highest BCUT2D eigenvalue weighted by Gasteiger charge is 2.50. The van der Waals surface area contributed by atoms with Crippen molar-refractivity contribution in [1.29, 1.82) is 0 Å². The number of amides is 2. The van der Waals surface area contributed by atoms with Crippen molar-refractivity contribution in [2.24, 2.45) is 5.41 Å². The Bertz CT molecular complexity index is 893. The molecule has 30 heavy (non-hydrogen) atoms. The molecule has 1 saturated heterocycles. The molecule has 9 nitrogen and oxygen atoms in total. The van der Waals surface area contributed by atoms with Crippen LogP contribution < -0.4 is 5.32 Å². The van der Waals surface area contributed by atoms with E-state index in [9.17, 15) is 9.59 Å². The van der Waals surface area contributed by atoms with Gasteiger partial charge in [-0.25, -0.2) is 0 Å². The molecule has 2 atom stereocenters. The topological polar surface area (TPSA) is 102 Å². The molecule has 0 unspecified atom stereocenters. The first-order valence-electron chi connectivity index (χ1n) is 10.5. The summed E-state index contributed by atoms with van der Waals surface area (Å²) in [6.07, 6.45) is 7.89. The number of piperidine rings is 1. The van der Waals surface area contributed by atoms with Gasteiger partial charge in [0.2, 0.25) is 5.91 Å². The van der Waals surface area contributed by atoms with Crippen molar-refractivity contribution in [3.8, 4) is 0 Å². The van der Waals surface area contributed by atoms with E-state index in [4.69, 9.17) is 9.26 Å². The summed E-state index contributed by atoms with van der Waals surface area (Å²) >= 11 is 0. The second-order valence-electron chi connectivity index (χ2n) is 8.30. The van der Waals surface area contributed by atoms with Crippen molar-refractivity contribution in [2.45, 2.75) is 51.6 Å². The van der Waals surface area contributed by atoms with Crippen molar-refractivity contribution >= 4 is 11.8 Å². The zero-order valence-corrected chi connectivity index (χ0v) is 17.6. The minimum atomic E-state index is -0.241. The highest BCUT2D eigenvalue weighted by atomic mass is 16.5. The average molecular weight is 415 g/mol. The highest BCUT2D eigenvalue weighted by Crippen LogP contribution is 2.47. The first-order chi connectivity index (χ1) is 14.5. The molecule has 2 aromatic rings. The molecule has 0 radical (unpaired) electrons. The normalized spacial score (nSPS) is 23.6. The molecule has 0 spiro atoms. The minimum Gasteiger partial charge on any atom is -0.383 e. The standard InChI is InChI=1S/C21H29N5O4/c1-15-16(13-25-10-4-9-23-25)19(24-30-15)20(28)22-14-21-7-3-5-17(21)26(11-12-29-2)18(27)6-8-21/h4,9-10,17H,3,5-8,11-14H2,1-2H3,(H,22,28)/t17-,21+/m1/s1.